The zero-order valence-electron chi connectivity index (χ0n) is 16.6. The van der Waals surface area contributed by atoms with Gasteiger partial charge in [-0.1, -0.05) is 55.9 Å². The molecule has 0 atom stereocenters. The minimum atomic E-state index is -0.365. The van der Waals surface area contributed by atoms with Crippen molar-refractivity contribution in [2.75, 3.05) is 5.75 Å². The van der Waals surface area contributed by atoms with Crippen molar-refractivity contribution in [3.63, 3.8) is 0 Å². The van der Waals surface area contributed by atoms with E-state index in [-0.39, 0.29) is 18.3 Å². The highest BCUT2D eigenvalue weighted by molar-refractivity contribution is 7.99. The summed E-state index contributed by atoms with van der Waals surface area (Å²) >= 11 is 1.67. The molecule has 0 aliphatic heterocycles. The van der Waals surface area contributed by atoms with Crippen molar-refractivity contribution in [1.82, 2.24) is 20.1 Å². The number of halogens is 1. The van der Waals surface area contributed by atoms with E-state index >= 15 is 0 Å². The molecule has 1 aromatic heterocycles. The second kappa shape index (κ2) is 10.2. The maximum Gasteiger partial charge on any atom is 0.251 e. The van der Waals surface area contributed by atoms with Crippen LogP contribution < -0.4 is 5.32 Å². The number of rotatable bonds is 9. The summed E-state index contributed by atoms with van der Waals surface area (Å²) in [5, 5.41) is 12.3. The number of hydrogen-bond acceptors (Lipinski definition) is 4. The van der Waals surface area contributed by atoms with E-state index in [0.717, 1.165) is 29.7 Å². The molecule has 0 saturated heterocycles. The molecule has 0 spiro atoms. The number of carbonyl (C=O) groups is 1. The quantitative estimate of drug-likeness (QED) is 0.531. The normalized spacial score (nSPS) is 11.0. The number of benzene rings is 2. The minimum absolute atomic E-state index is 0.262. The Hall–Kier alpha value is -2.67. The second-order valence-corrected chi connectivity index (χ2v) is 8.24. The van der Waals surface area contributed by atoms with Crippen molar-refractivity contribution in [3.05, 3.63) is 77.4 Å². The van der Waals surface area contributed by atoms with Gasteiger partial charge in [-0.05, 0) is 42.2 Å². The molecule has 0 radical (unpaired) electrons. The molecule has 0 saturated carbocycles. The van der Waals surface area contributed by atoms with Gasteiger partial charge in [0.25, 0.3) is 5.91 Å². The molecule has 2 aromatic carbocycles. The van der Waals surface area contributed by atoms with Crippen LogP contribution in [0, 0.1) is 11.7 Å². The van der Waals surface area contributed by atoms with Crippen LogP contribution in [0.5, 0.6) is 0 Å². The highest BCUT2D eigenvalue weighted by Gasteiger charge is 2.15. The summed E-state index contributed by atoms with van der Waals surface area (Å²) in [6.45, 7) is 5.33. The lowest BCUT2D eigenvalue weighted by molar-refractivity contribution is 0.0949. The van der Waals surface area contributed by atoms with Gasteiger partial charge in [0.2, 0.25) is 0 Å². The number of thioether (sulfide) groups is 1. The first-order valence-electron chi connectivity index (χ1n) is 9.65. The summed E-state index contributed by atoms with van der Waals surface area (Å²) in [7, 11) is 0. The number of carbonyl (C=O) groups excluding carboxylic acids is 1. The predicted octanol–water partition coefficient (Wildman–Crippen LogP) is 4.34. The first-order chi connectivity index (χ1) is 14.0. The fourth-order valence-electron chi connectivity index (χ4n) is 2.87. The average molecular weight is 413 g/mol. The molecule has 7 heteroatoms. The van der Waals surface area contributed by atoms with Gasteiger partial charge in [-0.25, -0.2) is 4.39 Å². The molecule has 3 aromatic rings. The van der Waals surface area contributed by atoms with Crippen molar-refractivity contribution >= 4 is 17.7 Å². The van der Waals surface area contributed by atoms with Crippen molar-refractivity contribution in [1.29, 1.82) is 0 Å². The summed E-state index contributed by atoms with van der Waals surface area (Å²) in [6.07, 6.45) is 0.955. The SMILES string of the molecule is CC(C)Cn1c(CNC(=O)c2ccc(F)cc2)nnc1SCCc1ccccc1. The fourth-order valence-corrected chi connectivity index (χ4v) is 3.83. The smallest absolute Gasteiger partial charge is 0.251 e. The standard InChI is InChI=1S/C22H25FN4OS/c1-16(2)15-27-20(14-24-21(28)18-8-10-19(23)11-9-18)25-26-22(27)29-13-12-17-6-4-3-5-7-17/h3-11,16H,12-15H2,1-2H3,(H,24,28). The predicted molar refractivity (Wildman–Crippen MR) is 113 cm³/mol. The Balaban J connectivity index is 1.63. The molecule has 0 unspecified atom stereocenters. The Bertz CT molecular complexity index is 926. The molecule has 0 aliphatic rings. The van der Waals surface area contributed by atoms with Gasteiger partial charge in [-0.2, -0.15) is 0 Å². The van der Waals surface area contributed by atoms with Gasteiger partial charge >= 0.3 is 0 Å². The maximum atomic E-state index is 13.0. The topological polar surface area (TPSA) is 59.8 Å². The van der Waals surface area contributed by atoms with Gasteiger partial charge in [0, 0.05) is 17.9 Å². The molecule has 3 rings (SSSR count). The van der Waals surface area contributed by atoms with Gasteiger partial charge in [0.1, 0.15) is 5.82 Å². The van der Waals surface area contributed by atoms with E-state index in [1.807, 2.05) is 18.2 Å². The number of nitrogens with zero attached hydrogens (tertiary/aromatic N) is 3. The number of hydrogen-bond donors (Lipinski definition) is 1. The molecule has 0 aliphatic carbocycles. The van der Waals surface area contributed by atoms with Crippen molar-refractivity contribution < 1.29 is 9.18 Å². The van der Waals surface area contributed by atoms with Crippen molar-refractivity contribution in [2.45, 2.75) is 38.5 Å². The first kappa shape index (κ1) is 21.0. The molecule has 0 bridgehead atoms. The Morgan fingerprint density at radius 3 is 2.52 bits per heavy atom. The van der Waals surface area contributed by atoms with Crippen LogP contribution in [-0.2, 0) is 19.5 Å². The Morgan fingerprint density at radius 1 is 1.10 bits per heavy atom. The second-order valence-electron chi connectivity index (χ2n) is 7.18. The molecule has 1 heterocycles. The Morgan fingerprint density at radius 2 is 1.83 bits per heavy atom. The van der Waals surface area contributed by atoms with E-state index < -0.39 is 0 Å². The van der Waals surface area contributed by atoms with Crippen LogP contribution >= 0.6 is 11.8 Å². The monoisotopic (exact) mass is 412 g/mol. The van der Waals surface area contributed by atoms with Crippen LogP contribution in [0.2, 0.25) is 0 Å². The van der Waals surface area contributed by atoms with E-state index in [9.17, 15) is 9.18 Å². The average Bonchev–Trinajstić information content (AvgIpc) is 3.08. The number of amides is 1. The van der Waals surface area contributed by atoms with E-state index in [1.54, 1.807) is 11.8 Å². The van der Waals surface area contributed by atoms with Crippen LogP contribution in [0.3, 0.4) is 0 Å². The van der Waals surface area contributed by atoms with E-state index in [0.29, 0.717) is 11.5 Å². The number of nitrogens with one attached hydrogen (secondary N) is 1. The molecule has 1 amide bonds. The van der Waals surface area contributed by atoms with E-state index in [4.69, 9.17) is 0 Å². The molecule has 29 heavy (non-hydrogen) atoms. The van der Waals surface area contributed by atoms with Gasteiger partial charge in [0.05, 0.1) is 6.54 Å². The van der Waals surface area contributed by atoms with Crippen LogP contribution in [0.1, 0.15) is 35.6 Å². The third-order valence-corrected chi connectivity index (χ3v) is 5.29. The van der Waals surface area contributed by atoms with E-state index in [2.05, 4.69) is 46.1 Å². The molecule has 1 N–H and O–H groups in total. The highest BCUT2D eigenvalue weighted by Crippen LogP contribution is 2.20. The van der Waals surface area contributed by atoms with Gasteiger partial charge in [0.15, 0.2) is 11.0 Å². The molecule has 152 valence electrons. The maximum absolute atomic E-state index is 13.0. The molecular weight excluding hydrogens is 387 g/mol. The van der Waals surface area contributed by atoms with Gasteiger partial charge in [-0.3, -0.25) is 4.79 Å². The van der Waals surface area contributed by atoms with E-state index in [1.165, 1.54) is 29.8 Å². The van der Waals surface area contributed by atoms with Crippen LogP contribution in [-0.4, -0.2) is 26.4 Å². The third-order valence-electron chi connectivity index (χ3n) is 4.32. The van der Waals surface area contributed by atoms with Crippen LogP contribution in [0.4, 0.5) is 4.39 Å². The van der Waals surface area contributed by atoms with Crippen molar-refractivity contribution in [3.8, 4) is 0 Å². The largest absolute Gasteiger partial charge is 0.345 e. The Kier molecular flexibility index (Phi) is 7.41. The Labute approximate surface area is 174 Å². The lowest BCUT2D eigenvalue weighted by Crippen LogP contribution is -2.25. The minimum Gasteiger partial charge on any atom is -0.345 e. The molecule has 0 fully saturated rings. The van der Waals surface area contributed by atoms with Gasteiger partial charge < -0.3 is 9.88 Å². The summed E-state index contributed by atoms with van der Waals surface area (Å²) in [4.78, 5) is 12.3. The zero-order valence-corrected chi connectivity index (χ0v) is 17.5. The molecular formula is C22H25FN4OS. The van der Waals surface area contributed by atoms with Crippen LogP contribution in [0.25, 0.3) is 0 Å². The van der Waals surface area contributed by atoms with Crippen LogP contribution in [0.15, 0.2) is 59.8 Å². The summed E-state index contributed by atoms with van der Waals surface area (Å²) < 4.78 is 15.1. The summed E-state index contributed by atoms with van der Waals surface area (Å²) in [6, 6.07) is 15.8. The number of aromatic nitrogens is 3. The van der Waals surface area contributed by atoms with Gasteiger partial charge in [-0.15, -0.1) is 10.2 Å². The van der Waals surface area contributed by atoms with Crippen molar-refractivity contribution in [2.24, 2.45) is 5.92 Å². The summed E-state index contributed by atoms with van der Waals surface area (Å²) in [5.74, 6) is 1.42. The lowest BCUT2D eigenvalue weighted by Gasteiger charge is -2.13. The highest BCUT2D eigenvalue weighted by atomic mass is 32.2. The zero-order chi connectivity index (χ0) is 20.6. The number of aryl methyl sites for hydroxylation is 1. The molecule has 5 nitrogen and oxygen atoms in total. The lowest BCUT2D eigenvalue weighted by atomic mass is 10.2. The first-order valence-corrected chi connectivity index (χ1v) is 10.6. The summed E-state index contributed by atoms with van der Waals surface area (Å²) in [5.41, 5.74) is 1.71. The fraction of sp³-hybridized carbons (Fsp3) is 0.318. The third kappa shape index (κ3) is 6.15.